The number of likely N-dealkylation sites (N-methyl/N-ethyl adjacent to an activating group) is 1. The molecule has 2 heterocycles. The third-order valence-corrected chi connectivity index (χ3v) is 3.40. The molecule has 1 unspecified atom stereocenters. The number of aromatic nitrogens is 1. The van der Waals surface area contributed by atoms with Crippen LogP contribution in [-0.2, 0) is 4.74 Å². The predicted octanol–water partition coefficient (Wildman–Crippen LogP) is 1.90. The predicted molar refractivity (Wildman–Crippen MR) is 69.7 cm³/mol. The summed E-state index contributed by atoms with van der Waals surface area (Å²) in [6.45, 7) is 1.45. The minimum Gasteiger partial charge on any atom is -0.379 e. The number of hydrazine groups is 1. The molecule has 17 heavy (non-hydrogen) atoms. The van der Waals surface area contributed by atoms with Gasteiger partial charge < -0.3 is 15.1 Å². The normalized spacial score (nSPS) is 19.4. The Balaban J connectivity index is 2.30. The zero-order chi connectivity index (χ0) is 12.4. The van der Waals surface area contributed by atoms with Gasteiger partial charge in [-0.1, -0.05) is 23.2 Å². The molecule has 0 bridgehead atoms. The van der Waals surface area contributed by atoms with Crippen molar-refractivity contribution in [3.63, 3.8) is 0 Å². The van der Waals surface area contributed by atoms with Crippen molar-refractivity contribution < 1.29 is 4.74 Å². The second kappa shape index (κ2) is 5.27. The second-order valence-electron chi connectivity index (χ2n) is 3.90. The first kappa shape index (κ1) is 12.7. The van der Waals surface area contributed by atoms with Crippen LogP contribution in [0.2, 0.25) is 10.0 Å². The van der Waals surface area contributed by atoms with Crippen LogP contribution in [0.15, 0.2) is 6.07 Å². The van der Waals surface area contributed by atoms with Crippen molar-refractivity contribution in [2.75, 3.05) is 30.6 Å². The van der Waals surface area contributed by atoms with Gasteiger partial charge in [-0.15, -0.1) is 0 Å². The fraction of sp³-hybridized carbons (Fsp3) is 0.500. The Morgan fingerprint density at radius 3 is 2.88 bits per heavy atom. The monoisotopic (exact) mass is 276 g/mol. The molecule has 0 saturated carbocycles. The highest BCUT2D eigenvalue weighted by atomic mass is 35.5. The molecule has 3 N–H and O–H groups in total. The van der Waals surface area contributed by atoms with E-state index in [2.05, 4.69) is 10.4 Å². The van der Waals surface area contributed by atoms with Crippen LogP contribution >= 0.6 is 23.2 Å². The zero-order valence-corrected chi connectivity index (χ0v) is 10.9. The van der Waals surface area contributed by atoms with E-state index in [-0.39, 0.29) is 6.04 Å². The minimum atomic E-state index is 0.284. The van der Waals surface area contributed by atoms with Crippen LogP contribution in [0.1, 0.15) is 6.42 Å². The summed E-state index contributed by atoms with van der Waals surface area (Å²) in [5.41, 5.74) is 2.45. The number of hydrogen-bond acceptors (Lipinski definition) is 5. The number of rotatable bonds is 3. The molecule has 1 aromatic heterocycles. The molecule has 1 aliphatic rings. The van der Waals surface area contributed by atoms with Gasteiger partial charge in [-0.3, -0.25) is 0 Å². The lowest BCUT2D eigenvalue weighted by molar-refractivity contribution is 0.193. The molecule has 1 aliphatic heterocycles. The van der Waals surface area contributed by atoms with Gasteiger partial charge >= 0.3 is 0 Å². The zero-order valence-electron chi connectivity index (χ0n) is 9.41. The number of ether oxygens (including phenoxy) is 1. The SMILES string of the molecule is CN(c1nc(NN)c(Cl)cc1Cl)C1CCOC1. The number of nitrogen functional groups attached to an aromatic ring is 1. The van der Waals surface area contributed by atoms with Gasteiger partial charge in [-0.2, -0.15) is 0 Å². The lowest BCUT2D eigenvalue weighted by Gasteiger charge is -2.25. The van der Waals surface area contributed by atoms with E-state index in [0.29, 0.717) is 28.3 Å². The highest BCUT2D eigenvalue weighted by molar-refractivity contribution is 6.37. The van der Waals surface area contributed by atoms with Crippen LogP contribution in [0.25, 0.3) is 0 Å². The summed E-state index contributed by atoms with van der Waals surface area (Å²) in [5.74, 6) is 6.41. The third kappa shape index (κ3) is 2.57. The third-order valence-electron chi connectivity index (χ3n) is 2.84. The van der Waals surface area contributed by atoms with Crippen molar-refractivity contribution in [1.29, 1.82) is 0 Å². The van der Waals surface area contributed by atoms with Gasteiger partial charge in [0.15, 0.2) is 5.82 Å². The number of nitrogens with one attached hydrogen (secondary N) is 1. The molecule has 94 valence electrons. The van der Waals surface area contributed by atoms with E-state index in [4.69, 9.17) is 33.8 Å². The minimum absolute atomic E-state index is 0.284. The Morgan fingerprint density at radius 2 is 2.29 bits per heavy atom. The van der Waals surface area contributed by atoms with Crippen molar-refractivity contribution in [3.8, 4) is 0 Å². The maximum absolute atomic E-state index is 6.13. The molecular weight excluding hydrogens is 263 g/mol. The van der Waals surface area contributed by atoms with E-state index >= 15 is 0 Å². The second-order valence-corrected chi connectivity index (χ2v) is 4.71. The topological polar surface area (TPSA) is 63.4 Å². The average molecular weight is 277 g/mol. The van der Waals surface area contributed by atoms with Crippen LogP contribution in [0.3, 0.4) is 0 Å². The van der Waals surface area contributed by atoms with E-state index in [1.807, 2.05) is 11.9 Å². The molecule has 0 spiro atoms. The van der Waals surface area contributed by atoms with Crippen molar-refractivity contribution >= 4 is 34.8 Å². The van der Waals surface area contributed by atoms with Gasteiger partial charge in [0.25, 0.3) is 0 Å². The fourth-order valence-corrected chi connectivity index (χ4v) is 2.35. The maximum Gasteiger partial charge on any atom is 0.161 e. The molecule has 2 rings (SSSR count). The summed E-state index contributed by atoms with van der Waals surface area (Å²) < 4.78 is 5.34. The average Bonchev–Trinajstić information content (AvgIpc) is 2.82. The maximum atomic E-state index is 6.13. The number of hydrogen-bond donors (Lipinski definition) is 2. The first-order valence-electron chi connectivity index (χ1n) is 5.26. The number of nitrogens with two attached hydrogens (primary N) is 1. The van der Waals surface area contributed by atoms with Gasteiger partial charge in [-0.05, 0) is 12.5 Å². The molecule has 5 nitrogen and oxygen atoms in total. The highest BCUT2D eigenvalue weighted by Crippen LogP contribution is 2.32. The van der Waals surface area contributed by atoms with Gasteiger partial charge in [0.1, 0.15) is 5.82 Å². The Hall–Kier alpha value is -0.750. The summed E-state index contributed by atoms with van der Waals surface area (Å²) in [6, 6.07) is 1.92. The quantitative estimate of drug-likeness (QED) is 0.652. The standard InChI is InChI=1S/C10H14Cl2N4O/c1-16(6-2-3-17-5-6)10-8(12)4-7(11)9(14-10)15-13/h4,6H,2-3,5,13H2,1H3,(H,14,15). The molecular formula is C10H14Cl2N4O. The number of pyridine rings is 1. The Labute approximate surface area is 110 Å². The summed E-state index contributed by atoms with van der Waals surface area (Å²) in [4.78, 5) is 6.30. The van der Waals surface area contributed by atoms with E-state index in [1.54, 1.807) is 6.07 Å². The molecule has 0 aromatic carbocycles. The van der Waals surface area contributed by atoms with Crippen molar-refractivity contribution in [2.45, 2.75) is 12.5 Å². The molecule has 1 saturated heterocycles. The van der Waals surface area contributed by atoms with Crippen LogP contribution in [0.4, 0.5) is 11.6 Å². The molecule has 7 heteroatoms. The Bertz CT molecular complexity index is 410. The van der Waals surface area contributed by atoms with Gasteiger partial charge in [-0.25, -0.2) is 10.8 Å². The highest BCUT2D eigenvalue weighted by Gasteiger charge is 2.23. The summed E-state index contributed by atoms with van der Waals surface area (Å²) in [5, 5.41) is 0.903. The lowest BCUT2D eigenvalue weighted by atomic mass is 10.2. The Kier molecular flexibility index (Phi) is 3.93. The number of halogens is 2. The van der Waals surface area contributed by atoms with E-state index in [0.717, 1.165) is 13.0 Å². The van der Waals surface area contributed by atoms with Gasteiger partial charge in [0.2, 0.25) is 0 Å². The Morgan fingerprint density at radius 1 is 1.53 bits per heavy atom. The first-order valence-corrected chi connectivity index (χ1v) is 6.02. The van der Waals surface area contributed by atoms with Crippen LogP contribution in [-0.4, -0.2) is 31.3 Å². The summed E-state index contributed by atoms with van der Waals surface area (Å²) >= 11 is 12.1. The van der Waals surface area contributed by atoms with Crippen LogP contribution < -0.4 is 16.2 Å². The van der Waals surface area contributed by atoms with E-state index in [9.17, 15) is 0 Å². The number of anilines is 2. The summed E-state index contributed by atoms with van der Waals surface area (Å²) in [6.07, 6.45) is 0.961. The molecule has 1 aromatic rings. The summed E-state index contributed by atoms with van der Waals surface area (Å²) in [7, 11) is 1.93. The van der Waals surface area contributed by atoms with E-state index < -0.39 is 0 Å². The molecule has 1 atom stereocenters. The van der Waals surface area contributed by atoms with Crippen LogP contribution in [0.5, 0.6) is 0 Å². The first-order chi connectivity index (χ1) is 8.13. The van der Waals surface area contributed by atoms with Crippen LogP contribution in [0, 0.1) is 0 Å². The molecule has 0 amide bonds. The number of nitrogens with zero attached hydrogens (tertiary/aromatic N) is 2. The van der Waals surface area contributed by atoms with Crippen molar-refractivity contribution in [2.24, 2.45) is 5.84 Å². The lowest BCUT2D eigenvalue weighted by Crippen LogP contribution is -2.33. The molecule has 0 aliphatic carbocycles. The van der Waals surface area contributed by atoms with E-state index in [1.165, 1.54) is 0 Å². The van der Waals surface area contributed by atoms with Crippen molar-refractivity contribution in [3.05, 3.63) is 16.1 Å². The fourth-order valence-electron chi connectivity index (χ4n) is 1.81. The van der Waals surface area contributed by atoms with Crippen molar-refractivity contribution in [1.82, 2.24) is 4.98 Å². The van der Waals surface area contributed by atoms with Gasteiger partial charge in [0.05, 0.1) is 22.7 Å². The largest absolute Gasteiger partial charge is 0.379 e. The molecule has 0 radical (unpaired) electrons. The smallest absolute Gasteiger partial charge is 0.161 e. The van der Waals surface area contributed by atoms with Gasteiger partial charge in [0, 0.05) is 13.7 Å². The molecule has 1 fully saturated rings.